The van der Waals surface area contributed by atoms with Gasteiger partial charge in [0.1, 0.15) is 0 Å². The molecule has 2 rings (SSSR count). The van der Waals surface area contributed by atoms with Crippen molar-refractivity contribution in [1.82, 2.24) is 9.97 Å². The fraction of sp³-hybridized carbons (Fsp3) is 0.0909. The molecule has 1 heterocycles. The first-order valence-corrected chi connectivity index (χ1v) is 5.42. The fourth-order valence-electron chi connectivity index (χ4n) is 1.32. The van der Waals surface area contributed by atoms with Gasteiger partial charge in [0.05, 0.1) is 10.7 Å². The number of hydrogen-bond donors (Lipinski definition) is 1. The van der Waals surface area contributed by atoms with E-state index in [9.17, 15) is 0 Å². The summed E-state index contributed by atoms with van der Waals surface area (Å²) in [6, 6.07) is 7.07. The molecule has 2 aromatic rings. The Bertz CT molecular complexity index is 514. The Morgan fingerprint density at radius 3 is 2.75 bits per heavy atom. The molecular weight excluding hydrogens is 245 g/mol. The van der Waals surface area contributed by atoms with E-state index in [0.29, 0.717) is 16.0 Å². The highest BCUT2D eigenvalue weighted by molar-refractivity contribution is 6.35. The fourth-order valence-corrected chi connectivity index (χ4v) is 1.71. The van der Waals surface area contributed by atoms with Crippen molar-refractivity contribution in [3.63, 3.8) is 0 Å². The summed E-state index contributed by atoms with van der Waals surface area (Å²) in [5.74, 6) is 0.550. The number of nitrogens with one attached hydrogen (secondary N) is 1. The molecule has 5 heteroatoms. The van der Waals surface area contributed by atoms with Crippen molar-refractivity contribution in [2.24, 2.45) is 0 Å². The van der Waals surface area contributed by atoms with E-state index in [1.54, 1.807) is 37.5 Å². The molecule has 0 aliphatic carbocycles. The quantitative estimate of drug-likeness (QED) is 0.891. The minimum Gasteiger partial charge on any atom is -0.357 e. The Labute approximate surface area is 103 Å². The van der Waals surface area contributed by atoms with Crippen molar-refractivity contribution >= 4 is 29.2 Å². The number of aromatic nitrogens is 2. The summed E-state index contributed by atoms with van der Waals surface area (Å²) < 4.78 is 0. The van der Waals surface area contributed by atoms with Gasteiger partial charge in [0.2, 0.25) is 5.95 Å². The summed E-state index contributed by atoms with van der Waals surface area (Å²) >= 11 is 12.0. The van der Waals surface area contributed by atoms with Gasteiger partial charge in [-0.1, -0.05) is 23.2 Å². The van der Waals surface area contributed by atoms with E-state index in [1.165, 1.54) is 0 Å². The predicted octanol–water partition coefficient (Wildman–Crippen LogP) is 3.49. The SMILES string of the molecule is CNc1nccc(-c2cc(Cl)ccc2Cl)n1. The molecule has 0 saturated heterocycles. The molecule has 0 unspecified atom stereocenters. The zero-order valence-electron chi connectivity index (χ0n) is 8.54. The number of benzene rings is 1. The lowest BCUT2D eigenvalue weighted by Gasteiger charge is -2.05. The first-order chi connectivity index (χ1) is 7.70. The third-order valence-electron chi connectivity index (χ3n) is 2.08. The minimum atomic E-state index is 0.550. The second kappa shape index (κ2) is 4.68. The first-order valence-electron chi connectivity index (χ1n) is 4.67. The van der Waals surface area contributed by atoms with E-state index in [4.69, 9.17) is 23.2 Å². The topological polar surface area (TPSA) is 37.8 Å². The summed E-state index contributed by atoms with van der Waals surface area (Å²) in [6.07, 6.45) is 1.67. The van der Waals surface area contributed by atoms with E-state index in [-0.39, 0.29) is 0 Å². The Hall–Kier alpha value is -1.32. The van der Waals surface area contributed by atoms with E-state index in [2.05, 4.69) is 15.3 Å². The van der Waals surface area contributed by atoms with Crippen molar-refractivity contribution in [2.75, 3.05) is 12.4 Å². The van der Waals surface area contributed by atoms with Gasteiger partial charge in [-0.05, 0) is 24.3 Å². The molecule has 1 aromatic heterocycles. The molecule has 0 aliphatic rings. The van der Waals surface area contributed by atoms with Gasteiger partial charge in [0, 0.05) is 23.8 Å². The van der Waals surface area contributed by atoms with Crippen LogP contribution in [0.1, 0.15) is 0 Å². The van der Waals surface area contributed by atoms with Crippen LogP contribution in [0.3, 0.4) is 0 Å². The maximum absolute atomic E-state index is 6.09. The number of nitrogens with zero attached hydrogens (tertiary/aromatic N) is 2. The third kappa shape index (κ3) is 2.26. The summed E-state index contributed by atoms with van der Waals surface area (Å²) in [4.78, 5) is 8.34. The molecule has 0 radical (unpaired) electrons. The van der Waals surface area contributed by atoms with Gasteiger partial charge >= 0.3 is 0 Å². The molecule has 0 bridgehead atoms. The lowest BCUT2D eigenvalue weighted by atomic mass is 10.1. The average molecular weight is 254 g/mol. The molecule has 16 heavy (non-hydrogen) atoms. The van der Waals surface area contributed by atoms with Crippen LogP contribution < -0.4 is 5.32 Å². The van der Waals surface area contributed by atoms with E-state index in [1.807, 2.05) is 0 Å². The van der Waals surface area contributed by atoms with Crippen LogP contribution >= 0.6 is 23.2 Å². The molecule has 3 nitrogen and oxygen atoms in total. The second-order valence-corrected chi connectivity index (χ2v) is 3.98. The molecule has 82 valence electrons. The van der Waals surface area contributed by atoms with E-state index in [0.717, 1.165) is 11.3 Å². The summed E-state index contributed by atoms with van der Waals surface area (Å²) in [7, 11) is 1.76. The molecular formula is C11H9Cl2N3. The number of halogens is 2. The van der Waals surface area contributed by atoms with Crippen molar-refractivity contribution in [2.45, 2.75) is 0 Å². The van der Waals surface area contributed by atoms with Crippen LogP contribution in [0.5, 0.6) is 0 Å². The Balaban J connectivity index is 2.53. The predicted molar refractivity (Wildman–Crippen MR) is 67.0 cm³/mol. The zero-order valence-corrected chi connectivity index (χ0v) is 10.0. The lowest BCUT2D eigenvalue weighted by molar-refractivity contribution is 1.15. The zero-order chi connectivity index (χ0) is 11.5. The van der Waals surface area contributed by atoms with Gasteiger partial charge in [-0.3, -0.25) is 0 Å². The van der Waals surface area contributed by atoms with Crippen molar-refractivity contribution in [1.29, 1.82) is 0 Å². The summed E-state index contributed by atoms with van der Waals surface area (Å²) in [5, 5.41) is 4.12. The van der Waals surface area contributed by atoms with Crippen LogP contribution in [0, 0.1) is 0 Å². The largest absolute Gasteiger partial charge is 0.357 e. The van der Waals surface area contributed by atoms with Gasteiger partial charge < -0.3 is 5.32 Å². The maximum atomic E-state index is 6.09. The minimum absolute atomic E-state index is 0.550. The molecule has 0 aliphatic heterocycles. The number of hydrogen-bond acceptors (Lipinski definition) is 3. The maximum Gasteiger partial charge on any atom is 0.222 e. The van der Waals surface area contributed by atoms with E-state index >= 15 is 0 Å². The van der Waals surface area contributed by atoms with Crippen molar-refractivity contribution < 1.29 is 0 Å². The van der Waals surface area contributed by atoms with Gasteiger partial charge in [-0.25, -0.2) is 9.97 Å². The highest BCUT2D eigenvalue weighted by atomic mass is 35.5. The van der Waals surface area contributed by atoms with Crippen LogP contribution in [-0.4, -0.2) is 17.0 Å². The molecule has 1 N–H and O–H groups in total. The Kier molecular flexibility index (Phi) is 3.27. The third-order valence-corrected chi connectivity index (χ3v) is 2.65. The highest BCUT2D eigenvalue weighted by Crippen LogP contribution is 2.29. The molecule has 0 saturated carbocycles. The van der Waals surface area contributed by atoms with Crippen LogP contribution in [-0.2, 0) is 0 Å². The van der Waals surface area contributed by atoms with Crippen molar-refractivity contribution in [3.05, 3.63) is 40.5 Å². The van der Waals surface area contributed by atoms with Crippen LogP contribution in [0.4, 0.5) is 5.95 Å². The average Bonchev–Trinajstić information content (AvgIpc) is 2.32. The van der Waals surface area contributed by atoms with Gasteiger partial charge in [0.15, 0.2) is 0 Å². The first kappa shape index (κ1) is 11.2. The number of anilines is 1. The summed E-state index contributed by atoms with van der Waals surface area (Å²) in [6.45, 7) is 0. The van der Waals surface area contributed by atoms with Gasteiger partial charge in [-0.2, -0.15) is 0 Å². The molecule has 0 atom stereocenters. The summed E-state index contributed by atoms with van der Waals surface area (Å²) in [5.41, 5.74) is 1.54. The molecule has 0 spiro atoms. The van der Waals surface area contributed by atoms with Crippen molar-refractivity contribution in [3.8, 4) is 11.3 Å². The number of rotatable bonds is 2. The Morgan fingerprint density at radius 1 is 1.19 bits per heavy atom. The molecule has 0 amide bonds. The van der Waals surface area contributed by atoms with Crippen LogP contribution in [0.25, 0.3) is 11.3 Å². The highest BCUT2D eigenvalue weighted by Gasteiger charge is 2.06. The van der Waals surface area contributed by atoms with Crippen LogP contribution in [0.15, 0.2) is 30.5 Å². The molecule has 0 fully saturated rings. The van der Waals surface area contributed by atoms with E-state index < -0.39 is 0 Å². The van der Waals surface area contributed by atoms with Gasteiger partial charge in [-0.15, -0.1) is 0 Å². The second-order valence-electron chi connectivity index (χ2n) is 3.14. The monoisotopic (exact) mass is 253 g/mol. The van der Waals surface area contributed by atoms with Gasteiger partial charge in [0.25, 0.3) is 0 Å². The smallest absolute Gasteiger partial charge is 0.222 e. The lowest BCUT2D eigenvalue weighted by Crippen LogP contribution is -1.96. The Morgan fingerprint density at radius 2 is 2.00 bits per heavy atom. The molecule has 1 aromatic carbocycles. The van der Waals surface area contributed by atoms with Crippen LogP contribution in [0.2, 0.25) is 10.0 Å². The standard InChI is InChI=1S/C11H9Cl2N3/c1-14-11-15-5-4-10(16-11)8-6-7(12)2-3-9(8)13/h2-6H,1H3,(H,14,15,16). The normalized spacial score (nSPS) is 10.2.